The predicted octanol–water partition coefficient (Wildman–Crippen LogP) is 3.48. The number of hydrogen-bond acceptors (Lipinski definition) is 4. The van der Waals surface area contributed by atoms with Crippen molar-refractivity contribution in [2.45, 2.75) is 12.1 Å². The standard InChI is InChI=1S/C19H17N3O2S/c1-13-7-9-15(10-8-13)20-18(24)12-25-19-21-16(11-17(23)22-19)14-5-3-2-4-6-14/h2-11H,12H2,1H3,(H,20,24)(H,21,22,23). The summed E-state index contributed by atoms with van der Waals surface area (Å²) in [5.74, 6) is 0.0105. The van der Waals surface area contributed by atoms with Crippen molar-refractivity contribution in [2.75, 3.05) is 11.1 Å². The van der Waals surface area contributed by atoms with Crippen LogP contribution in [0.1, 0.15) is 5.56 Å². The van der Waals surface area contributed by atoms with Gasteiger partial charge in [-0.3, -0.25) is 9.59 Å². The Kier molecular flexibility index (Phi) is 5.30. The first-order valence-electron chi connectivity index (χ1n) is 7.76. The van der Waals surface area contributed by atoms with E-state index in [4.69, 9.17) is 0 Å². The lowest BCUT2D eigenvalue weighted by Gasteiger charge is -2.06. The van der Waals surface area contributed by atoms with Crippen molar-refractivity contribution in [2.24, 2.45) is 0 Å². The Morgan fingerprint density at radius 1 is 1.12 bits per heavy atom. The molecule has 1 heterocycles. The summed E-state index contributed by atoms with van der Waals surface area (Å²) in [6.45, 7) is 1.99. The van der Waals surface area contributed by atoms with E-state index in [-0.39, 0.29) is 17.2 Å². The molecule has 2 N–H and O–H groups in total. The molecule has 25 heavy (non-hydrogen) atoms. The number of aryl methyl sites for hydroxylation is 1. The highest BCUT2D eigenvalue weighted by Gasteiger charge is 2.08. The molecule has 0 fully saturated rings. The van der Waals surface area contributed by atoms with Gasteiger partial charge in [0.05, 0.1) is 11.4 Å². The smallest absolute Gasteiger partial charge is 0.252 e. The van der Waals surface area contributed by atoms with Gasteiger partial charge in [-0.25, -0.2) is 4.98 Å². The number of nitrogens with zero attached hydrogens (tertiary/aromatic N) is 1. The highest BCUT2D eigenvalue weighted by Crippen LogP contribution is 2.18. The molecule has 126 valence electrons. The van der Waals surface area contributed by atoms with E-state index >= 15 is 0 Å². The molecule has 1 aromatic heterocycles. The Bertz CT molecular complexity index is 921. The number of carbonyl (C=O) groups excluding carboxylic acids is 1. The lowest BCUT2D eigenvalue weighted by atomic mass is 10.1. The quantitative estimate of drug-likeness (QED) is 0.545. The van der Waals surface area contributed by atoms with Crippen LogP contribution in [0.3, 0.4) is 0 Å². The number of amides is 1. The second kappa shape index (κ2) is 7.81. The minimum Gasteiger partial charge on any atom is -0.325 e. The molecule has 0 atom stereocenters. The van der Waals surface area contributed by atoms with Crippen LogP contribution < -0.4 is 10.9 Å². The van der Waals surface area contributed by atoms with Gasteiger partial charge in [0.2, 0.25) is 5.91 Å². The minimum atomic E-state index is -0.240. The van der Waals surface area contributed by atoms with E-state index in [9.17, 15) is 9.59 Å². The molecule has 5 nitrogen and oxygen atoms in total. The fourth-order valence-corrected chi connectivity index (χ4v) is 2.90. The first-order valence-corrected chi connectivity index (χ1v) is 8.75. The van der Waals surface area contributed by atoms with Gasteiger partial charge in [0.15, 0.2) is 5.16 Å². The summed E-state index contributed by atoms with van der Waals surface area (Å²) in [5, 5.41) is 3.24. The van der Waals surface area contributed by atoms with Crippen LogP contribution in [-0.2, 0) is 4.79 Å². The highest BCUT2D eigenvalue weighted by molar-refractivity contribution is 7.99. The van der Waals surface area contributed by atoms with E-state index in [2.05, 4.69) is 15.3 Å². The van der Waals surface area contributed by atoms with Crippen molar-refractivity contribution in [1.82, 2.24) is 9.97 Å². The molecule has 1 amide bonds. The fourth-order valence-electron chi connectivity index (χ4n) is 2.23. The number of hydrogen-bond donors (Lipinski definition) is 2. The Hall–Kier alpha value is -2.86. The third-order valence-electron chi connectivity index (χ3n) is 3.46. The normalized spacial score (nSPS) is 10.4. The summed E-state index contributed by atoms with van der Waals surface area (Å²) in [5.41, 5.74) is 3.09. The summed E-state index contributed by atoms with van der Waals surface area (Å²) in [6.07, 6.45) is 0. The molecule has 0 aliphatic carbocycles. The Morgan fingerprint density at radius 3 is 2.56 bits per heavy atom. The largest absolute Gasteiger partial charge is 0.325 e. The molecule has 3 aromatic rings. The number of carbonyl (C=O) groups is 1. The van der Waals surface area contributed by atoms with Crippen LogP contribution in [-0.4, -0.2) is 21.6 Å². The van der Waals surface area contributed by atoms with E-state index in [1.807, 2.05) is 61.5 Å². The van der Waals surface area contributed by atoms with E-state index in [1.54, 1.807) is 0 Å². The van der Waals surface area contributed by atoms with Gasteiger partial charge in [-0.05, 0) is 19.1 Å². The van der Waals surface area contributed by atoms with Crippen LogP contribution in [0, 0.1) is 6.92 Å². The fraction of sp³-hybridized carbons (Fsp3) is 0.105. The maximum absolute atomic E-state index is 12.1. The van der Waals surface area contributed by atoms with Crippen molar-refractivity contribution in [3.63, 3.8) is 0 Å². The second-order valence-electron chi connectivity index (χ2n) is 5.50. The van der Waals surface area contributed by atoms with Gasteiger partial charge in [0.25, 0.3) is 5.56 Å². The molecule has 0 spiro atoms. The summed E-state index contributed by atoms with van der Waals surface area (Å²) in [7, 11) is 0. The number of rotatable bonds is 5. The van der Waals surface area contributed by atoms with Crippen molar-refractivity contribution in [3.8, 4) is 11.3 Å². The lowest BCUT2D eigenvalue weighted by Crippen LogP contribution is -2.15. The molecule has 0 radical (unpaired) electrons. The van der Waals surface area contributed by atoms with Crippen LogP contribution >= 0.6 is 11.8 Å². The van der Waals surface area contributed by atoms with Crippen molar-refractivity contribution < 1.29 is 4.79 Å². The molecule has 6 heteroatoms. The summed E-state index contributed by atoms with van der Waals surface area (Å²) >= 11 is 1.20. The third kappa shape index (κ3) is 4.81. The summed E-state index contributed by atoms with van der Waals surface area (Å²) in [6, 6.07) is 18.5. The van der Waals surface area contributed by atoms with Gasteiger partial charge in [0.1, 0.15) is 0 Å². The first-order chi connectivity index (χ1) is 12.1. The van der Waals surface area contributed by atoms with Crippen molar-refractivity contribution >= 4 is 23.4 Å². The predicted molar refractivity (Wildman–Crippen MR) is 101 cm³/mol. The molecule has 0 saturated carbocycles. The van der Waals surface area contributed by atoms with E-state index < -0.39 is 0 Å². The van der Waals surface area contributed by atoms with Crippen LogP contribution in [0.2, 0.25) is 0 Å². The van der Waals surface area contributed by atoms with Gasteiger partial charge in [-0.2, -0.15) is 0 Å². The zero-order valence-electron chi connectivity index (χ0n) is 13.7. The number of nitrogens with one attached hydrogen (secondary N) is 2. The van der Waals surface area contributed by atoms with Gasteiger partial charge in [0, 0.05) is 17.3 Å². The van der Waals surface area contributed by atoms with E-state index in [0.717, 1.165) is 16.8 Å². The third-order valence-corrected chi connectivity index (χ3v) is 4.34. The molecular formula is C19H17N3O2S. The Morgan fingerprint density at radius 2 is 1.84 bits per heavy atom. The SMILES string of the molecule is Cc1ccc(NC(=O)CSc2nc(-c3ccccc3)cc(=O)[nH]2)cc1. The average Bonchev–Trinajstić information content (AvgIpc) is 2.62. The van der Waals surface area contributed by atoms with Gasteiger partial charge in [-0.15, -0.1) is 0 Å². The molecular weight excluding hydrogens is 334 g/mol. The molecule has 2 aromatic carbocycles. The monoisotopic (exact) mass is 351 g/mol. The average molecular weight is 351 g/mol. The minimum absolute atomic E-state index is 0.151. The number of thioether (sulfide) groups is 1. The van der Waals surface area contributed by atoms with Gasteiger partial charge in [-0.1, -0.05) is 59.8 Å². The molecule has 0 saturated heterocycles. The number of aromatic amines is 1. The van der Waals surface area contributed by atoms with Crippen molar-refractivity contribution in [1.29, 1.82) is 0 Å². The summed E-state index contributed by atoms with van der Waals surface area (Å²) < 4.78 is 0. The van der Waals surface area contributed by atoms with Crippen LogP contribution in [0.5, 0.6) is 0 Å². The Balaban J connectivity index is 1.67. The number of benzene rings is 2. The molecule has 0 bridgehead atoms. The molecule has 0 aliphatic rings. The van der Waals surface area contributed by atoms with E-state index in [1.165, 1.54) is 17.8 Å². The van der Waals surface area contributed by atoms with Crippen LogP contribution in [0.15, 0.2) is 70.6 Å². The maximum atomic E-state index is 12.1. The summed E-state index contributed by atoms with van der Waals surface area (Å²) in [4.78, 5) is 31.0. The first kappa shape index (κ1) is 17.0. The molecule has 0 unspecified atom stereocenters. The zero-order chi connectivity index (χ0) is 17.6. The Labute approximate surface area is 149 Å². The maximum Gasteiger partial charge on any atom is 0.252 e. The second-order valence-corrected chi connectivity index (χ2v) is 6.47. The zero-order valence-corrected chi connectivity index (χ0v) is 14.5. The van der Waals surface area contributed by atoms with Crippen LogP contribution in [0.25, 0.3) is 11.3 Å². The van der Waals surface area contributed by atoms with Crippen LogP contribution in [0.4, 0.5) is 5.69 Å². The number of aromatic nitrogens is 2. The van der Waals surface area contributed by atoms with Gasteiger partial charge >= 0.3 is 0 Å². The van der Waals surface area contributed by atoms with E-state index in [0.29, 0.717) is 10.9 Å². The molecule has 0 aliphatic heterocycles. The lowest BCUT2D eigenvalue weighted by molar-refractivity contribution is -0.113. The van der Waals surface area contributed by atoms with Crippen molar-refractivity contribution in [3.05, 3.63) is 76.6 Å². The van der Waals surface area contributed by atoms with Gasteiger partial charge < -0.3 is 10.3 Å². The topological polar surface area (TPSA) is 74.8 Å². The molecule has 3 rings (SSSR count). The highest BCUT2D eigenvalue weighted by atomic mass is 32.2. The number of anilines is 1. The number of H-pyrrole nitrogens is 1.